The molecule has 0 saturated heterocycles. The fraction of sp³-hybridized carbons (Fsp3) is 0.350. The van der Waals surface area contributed by atoms with Gasteiger partial charge in [0, 0.05) is 18.5 Å². The van der Waals surface area contributed by atoms with E-state index in [9.17, 15) is 9.59 Å². The van der Waals surface area contributed by atoms with E-state index in [1.807, 2.05) is 41.1 Å². The Morgan fingerprint density at radius 2 is 2.00 bits per heavy atom. The Balaban J connectivity index is 1.22. The summed E-state index contributed by atoms with van der Waals surface area (Å²) in [5.74, 6) is 0.558. The van der Waals surface area contributed by atoms with Gasteiger partial charge in [0.25, 0.3) is 5.91 Å². The molecule has 3 aromatic rings. The van der Waals surface area contributed by atoms with Gasteiger partial charge in [0.1, 0.15) is 18.2 Å². The van der Waals surface area contributed by atoms with Crippen LogP contribution < -0.4 is 10.6 Å². The third-order valence-electron chi connectivity index (χ3n) is 5.22. The molecule has 1 aliphatic heterocycles. The van der Waals surface area contributed by atoms with Crippen LogP contribution >= 0.6 is 0 Å². The molecule has 2 N–H and O–H groups in total. The first kappa shape index (κ1) is 17.6. The molecule has 2 aromatic heterocycles. The van der Waals surface area contributed by atoms with Gasteiger partial charge in [0.2, 0.25) is 11.7 Å². The standard InChI is InChI=1S/C20H21N7O2/c28-19-15(8-9-27-17(23-19)10-16(24-27)14-6-7-14)22-20(29)18-21-12-26(25-18)11-13-4-2-1-3-5-13/h1-5,10,12,14-15H,6-9,11H2,(H,22,29)(H,23,28)/t15-/m1/s1. The number of hydrogen-bond acceptors (Lipinski definition) is 5. The minimum absolute atomic E-state index is 0.0479. The van der Waals surface area contributed by atoms with Crippen molar-refractivity contribution in [1.29, 1.82) is 0 Å². The highest BCUT2D eigenvalue weighted by Gasteiger charge is 2.31. The second kappa shape index (κ2) is 7.16. The number of benzene rings is 1. The zero-order chi connectivity index (χ0) is 19.8. The van der Waals surface area contributed by atoms with Crippen LogP contribution in [0.2, 0.25) is 0 Å². The third-order valence-corrected chi connectivity index (χ3v) is 5.22. The van der Waals surface area contributed by atoms with E-state index in [1.165, 1.54) is 6.33 Å². The predicted octanol–water partition coefficient (Wildman–Crippen LogP) is 1.54. The lowest BCUT2D eigenvalue weighted by Gasteiger charge is -2.13. The fourth-order valence-corrected chi connectivity index (χ4v) is 3.49. The summed E-state index contributed by atoms with van der Waals surface area (Å²) < 4.78 is 3.41. The number of carbonyl (C=O) groups is 2. The Morgan fingerprint density at radius 1 is 1.17 bits per heavy atom. The Labute approximate surface area is 167 Å². The first-order valence-corrected chi connectivity index (χ1v) is 9.78. The van der Waals surface area contributed by atoms with E-state index in [1.54, 1.807) is 4.68 Å². The summed E-state index contributed by atoms with van der Waals surface area (Å²) in [5, 5.41) is 14.4. The highest BCUT2D eigenvalue weighted by atomic mass is 16.2. The first-order valence-electron chi connectivity index (χ1n) is 9.78. The van der Waals surface area contributed by atoms with Crippen molar-refractivity contribution < 1.29 is 9.59 Å². The number of aryl methyl sites for hydroxylation is 1. The lowest BCUT2D eigenvalue weighted by molar-refractivity contribution is -0.118. The summed E-state index contributed by atoms with van der Waals surface area (Å²) >= 11 is 0. The Bertz CT molecular complexity index is 1050. The number of rotatable bonds is 5. The molecule has 0 radical (unpaired) electrons. The average Bonchev–Trinajstić information content (AvgIpc) is 3.38. The van der Waals surface area contributed by atoms with E-state index < -0.39 is 11.9 Å². The minimum atomic E-state index is -0.658. The quantitative estimate of drug-likeness (QED) is 0.686. The number of aromatic nitrogens is 5. The zero-order valence-corrected chi connectivity index (χ0v) is 15.8. The van der Waals surface area contributed by atoms with Crippen LogP contribution in [0.1, 0.15) is 47.1 Å². The molecular weight excluding hydrogens is 370 g/mol. The van der Waals surface area contributed by atoms with Gasteiger partial charge in [-0.2, -0.15) is 5.10 Å². The lowest BCUT2D eigenvalue weighted by Crippen LogP contribution is -2.43. The monoisotopic (exact) mass is 391 g/mol. The molecule has 2 amide bonds. The van der Waals surface area contributed by atoms with Gasteiger partial charge in [-0.3, -0.25) is 9.59 Å². The number of anilines is 1. The van der Waals surface area contributed by atoms with Gasteiger partial charge in [0.05, 0.1) is 12.2 Å². The fourth-order valence-electron chi connectivity index (χ4n) is 3.49. The normalized spacial score (nSPS) is 18.6. The third kappa shape index (κ3) is 3.75. The Kier molecular flexibility index (Phi) is 4.34. The maximum Gasteiger partial charge on any atom is 0.291 e. The molecule has 0 bridgehead atoms. The van der Waals surface area contributed by atoms with E-state index in [-0.39, 0.29) is 11.7 Å². The SMILES string of the molecule is O=C(N[C@@H]1CCn2nc(C3CC3)cc2NC1=O)c1ncn(Cc2ccccc2)n1. The Morgan fingerprint density at radius 3 is 2.79 bits per heavy atom. The van der Waals surface area contributed by atoms with Crippen molar-refractivity contribution in [2.24, 2.45) is 0 Å². The van der Waals surface area contributed by atoms with Crippen LogP contribution in [0.15, 0.2) is 42.7 Å². The first-order chi connectivity index (χ1) is 14.2. The second-order valence-electron chi connectivity index (χ2n) is 7.51. The largest absolute Gasteiger partial charge is 0.337 e. The summed E-state index contributed by atoms with van der Waals surface area (Å²) in [6, 6.07) is 11.1. The smallest absolute Gasteiger partial charge is 0.291 e. The number of amides is 2. The van der Waals surface area contributed by atoms with Crippen LogP contribution in [-0.4, -0.2) is 42.4 Å². The van der Waals surface area contributed by atoms with Crippen molar-refractivity contribution in [2.45, 2.75) is 44.3 Å². The van der Waals surface area contributed by atoms with Crippen molar-refractivity contribution in [3.63, 3.8) is 0 Å². The molecular formula is C20H21N7O2. The lowest BCUT2D eigenvalue weighted by atomic mass is 10.2. The molecule has 1 saturated carbocycles. The van der Waals surface area contributed by atoms with Gasteiger partial charge in [-0.05, 0) is 24.8 Å². The molecule has 2 aliphatic rings. The minimum Gasteiger partial charge on any atom is -0.337 e. The Hall–Kier alpha value is -3.49. The van der Waals surface area contributed by atoms with E-state index in [0.717, 1.165) is 24.1 Å². The van der Waals surface area contributed by atoms with Crippen LogP contribution in [0, 0.1) is 0 Å². The van der Waals surface area contributed by atoms with Gasteiger partial charge in [-0.25, -0.2) is 14.3 Å². The topological polar surface area (TPSA) is 107 Å². The highest BCUT2D eigenvalue weighted by molar-refractivity contribution is 5.99. The van der Waals surface area contributed by atoms with Crippen LogP contribution in [0.5, 0.6) is 0 Å². The van der Waals surface area contributed by atoms with Gasteiger partial charge in [0.15, 0.2) is 0 Å². The molecule has 5 rings (SSSR count). The molecule has 148 valence electrons. The predicted molar refractivity (Wildman–Crippen MR) is 104 cm³/mol. The molecule has 3 heterocycles. The van der Waals surface area contributed by atoms with Gasteiger partial charge in [-0.1, -0.05) is 30.3 Å². The molecule has 1 fully saturated rings. The molecule has 1 atom stereocenters. The molecule has 1 aliphatic carbocycles. The number of hydrogen-bond donors (Lipinski definition) is 2. The van der Waals surface area contributed by atoms with Gasteiger partial charge < -0.3 is 10.6 Å². The van der Waals surface area contributed by atoms with Crippen LogP contribution in [0.4, 0.5) is 5.82 Å². The maximum absolute atomic E-state index is 12.6. The molecule has 0 spiro atoms. The van der Waals surface area contributed by atoms with Crippen molar-refractivity contribution in [1.82, 2.24) is 29.9 Å². The van der Waals surface area contributed by atoms with Gasteiger partial charge >= 0.3 is 0 Å². The zero-order valence-electron chi connectivity index (χ0n) is 15.8. The molecule has 29 heavy (non-hydrogen) atoms. The van der Waals surface area contributed by atoms with Crippen molar-refractivity contribution in [2.75, 3.05) is 5.32 Å². The van der Waals surface area contributed by atoms with E-state index >= 15 is 0 Å². The maximum atomic E-state index is 12.6. The van der Waals surface area contributed by atoms with Crippen LogP contribution in [-0.2, 0) is 17.9 Å². The highest BCUT2D eigenvalue weighted by Crippen LogP contribution is 2.40. The summed E-state index contributed by atoms with van der Waals surface area (Å²) in [6.45, 7) is 1.08. The van der Waals surface area contributed by atoms with Crippen LogP contribution in [0.25, 0.3) is 0 Å². The number of nitrogens with one attached hydrogen (secondary N) is 2. The van der Waals surface area contributed by atoms with Crippen molar-refractivity contribution in [3.8, 4) is 0 Å². The molecule has 9 nitrogen and oxygen atoms in total. The van der Waals surface area contributed by atoms with Gasteiger partial charge in [-0.15, -0.1) is 5.10 Å². The summed E-state index contributed by atoms with van der Waals surface area (Å²) in [4.78, 5) is 29.2. The van der Waals surface area contributed by atoms with E-state index in [0.29, 0.717) is 31.2 Å². The number of carbonyl (C=O) groups excluding carboxylic acids is 2. The van der Waals surface area contributed by atoms with E-state index in [2.05, 4.69) is 25.8 Å². The van der Waals surface area contributed by atoms with E-state index in [4.69, 9.17) is 0 Å². The summed E-state index contributed by atoms with van der Waals surface area (Å²) in [5.41, 5.74) is 2.10. The summed E-state index contributed by atoms with van der Waals surface area (Å²) in [6.07, 6.45) is 4.30. The van der Waals surface area contributed by atoms with Crippen molar-refractivity contribution in [3.05, 3.63) is 59.8 Å². The number of nitrogens with zero attached hydrogens (tertiary/aromatic N) is 5. The molecule has 1 aromatic carbocycles. The summed E-state index contributed by atoms with van der Waals surface area (Å²) in [7, 11) is 0. The molecule has 0 unspecified atom stereocenters. The van der Waals surface area contributed by atoms with Crippen molar-refractivity contribution >= 4 is 17.6 Å². The van der Waals surface area contributed by atoms with Crippen LogP contribution in [0.3, 0.4) is 0 Å². The second-order valence-corrected chi connectivity index (χ2v) is 7.51. The molecule has 9 heteroatoms. The number of fused-ring (bicyclic) bond motifs is 1. The average molecular weight is 391 g/mol.